The zero-order valence-electron chi connectivity index (χ0n) is 15.1. The fraction of sp³-hybridized carbons (Fsp3) is 0.579. The first-order valence-corrected chi connectivity index (χ1v) is 8.47. The first-order chi connectivity index (χ1) is 10.9. The number of amides is 2. The summed E-state index contributed by atoms with van der Waals surface area (Å²) in [6.07, 6.45) is 2.39. The minimum absolute atomic E-state index is 0.0265. The molecular weight excluding hydrogens is 288 g/mol. The minimum atomic E-state index is 0.0265. The van der Waals surface area contributed by atoms with E-state index in [4.69, 9.17) is 0 Å². The zero-order valence-corrected chi connectivity index (χ0v) is 15.1. The Morgan fingerprint density at radius 2 is 1.65 bits per heavy atom. The molecule has 1 rings (SSSR count). The van der Waals surface area contributed by atoms with E-state index in [9.17, 15) is 9.59 Å². The first kappa shape index (κ1) is 19.2. The molecule has 0 aliphatic rings. The van der Waals surface area contributed by atoms with Crippen LogP contribution >= 0.6 is 0 Å². The first-order valence-electron chi connectivity index (χ1n) is 8.47. The average molecular weight is 318 g/mol. The number of nitrogens with zero attached hydrogens (tertiary/aromatic N) is 2. The van der Waals surface area contributed by atoms with E-state index in [-0.39, 0.29) is 11.8 Å². The van der Waals surface area contributed by atoms with Crippen molar-refractivity contribution in [2.75, 3.05) is 27.2 Å². The highest BCUT2D eigenvalue weighted by Crippen LogP contribution is 2.10. The van der Waals surface area contributed by atoms with Crippen LogP contribution in [-0.4, -0.2) is 48.8 Å². The van der Waals surface area contributed by atoms with Gasteiger partial charge in [0.25, 0.3) is 5.91 Å². The lowest BCUT2D eigenvalue weighted by Gasteiger charge is -2.21. The quantitative estimate of drug-likeness (QED) is 0.738. The van der Waals surface area contributed by atoms with Crippen molar-refractivity contribution in [3.63, 3.8) is 0 Å². The fourth-order valence-electron chi connectivity index (χ4n) is 2.43. The lowest BCUT2D eigenvalue weighted by atomic mass is 10.1. The highest BCUT2D eigenvalue weighted by atomic mass is 16.2. The molecule has 0 heterocycles. The summed E-state index contributed by atoms with van der Waals surface area (Å²) < 4.78 is 0. The third kappa shape index (κ3) is 6.05. The van der Waals surface area contributed by atoms with Gasteiger partial charge < -0.3 is 9.80 Å². The Hall–Kier alpha value is -1.84. The maximum Gasteiger partial charge on any atom is 0.253 e. The minimum Gasteiger partial charge on any atom is -0.345 e. The number of carbonyl (C=O) groups is 2. The van der Waals surface area contributed by atoms with E-state index in [1.54, 1.807) is 9.80 Å². The van der Waals surface area contributed by atoms with Crippen molar-refractivity contribution in [3.05, 3.63) is 35.4 Å². The van der Waals surface area contributed by atoms with Crippen LogP contribution in [0.3, 0.4) is 0 Å². The Kier molecular flexibility index (Phi) is 7.79. The number of carbonyl (C=O) groups excluding carboxylic acids is 2. The van der Waals surface area contributed by atoms with Gasteiger partial charge in [-0.3, -0.25) is 9.59 Å². The van der Waals surface area contributed by atoms with E-state index in [0.717, 1.165) is 31.5 Å². The van der Waals surface area contributed by atoms with Crippen molar-refractivity contribution in [3.8, 4) is 0 Å². The van der Waals surface area contributed by atoms with Gasteiger partial charge in [-0.15, -0.1) is 0 Å². The second-order valence-electron chi connectivity index (χ2n) is 6.39. The van der Waals surface area contributed by atoms with Crippen LogP contribution in [0.2, 0.25) is 0 Å². The second-order valence-corrected chi connectivity index (χ2v) is 6.39. The summed E-state index contributed by atoms with van der Waals surface area (Å²) in [5, 5.41) is 0. The Bertz CT molecular complexity index is 511. The lowest BCUT2D eigenvalue weighted by Crippen LogP contribution is -2.32. The van der Waals surface area contributed by atoms with E-state index in [1.807, 2.05) is 45.3 Å². The maximum atomic E-state index is 12.2. The summed E-state index contributed by atoms with van der Waals surface area (Å²) in [5.74, 6) is 0.657. The molecule has 0 saturated heterocycles. The third-order valence-electron chi connectivity index (χ3n) is 4.17. The molecule has 1 unspecified atom stereocenters. The van der Waals surface area contributed by atoms with Crippen molar-refractivity contribution in [2.45, 2.75) is 40.0 Å². The topological polar surface area (TPSA) is 40.6 Å². The molecule has 0 aliphatic carbocycles. The van der Waals surface area contributed by atoms with Crippen molar-refractivity contribution in [1.82, 2.24) is 9.80 Å². The molecule has 0 aliphatic heterocycles. The molecule has 0 N–H and O–H groups in total. The Labute approximate surface area is 140 Å². The molecule has 2 amide bonds. The van der Waals surface area contributed by atoms with Crippen molar-refractivity contribution >= 4 is 11.8 Å². The predicted molar refractivity (Wildman–Crippen MR) is 94.5 cm³/mol. The molecule has 0 fully saturated rings. The summed E-state index contributed by atoms with van der Waals surface area (Å²) in [4.78, 5) is 27.9. The molecule has 23 heavy (non-hydrogen) atoms. The highest BCUT2D eigenvalue weighted by molar-refractivity contribution is 5.94. The monoisotopic (exact) mass is 318 g/mol. The fourth-order valence-corrected chi connectivity index (χ4v) is 2.43. The maximum absolute atomic E-state index is 12.2. The summed E-state index contributed by atoms with van der Waals surface area (Å²) in [5.41, 5.74) is 1.62. The molecule has 0 saturated carbocycles. The van der Waals surface area contributed by atoms with Crippen LogP contribution in [0.5, 0.6) is 0 Å². The van der Waals surface area contributed by atoms with E-state index in [1.165, 1.54) is 0 Å². The third-order valence-corrected chi connectivity index (χ3v) is 4.17. The Morgan fingerprint density at radius 1 is 1.04 bits per heavy atom. The Balaban J connectivity index is 2.63. The number of likely N-dealkylation sites (N-methyl/N-ethyl adjacent to an activating group) is 1. The lowest BCUT2D eigenvalue weighted by molar-refractivity contribution is -0.129. The molecule has 4 nitrogen and oxygen atoms in total. The molecule has 0 aromatic heterocycles. The predicted octanol–water partition coefficient (Wildman–Crippen LogP) is 3.22. The Morgan fingerprint density at radius 3 is 2.17 bits per heavy atom. The summed E-state index contributed by atoms with van der Waals surface area (Å²) >= 11 is 0. The van der Waals surface area contributed by atoms with E-state index in [0.29, 0.717) is 17.9 Å². The molecule has 0 bridgehead atoms. The molecule has 1 aromatic carbocycles. The SMILES string of the molecule is CCCN(C)C(=O)c1ccc(CC(=O)N(C)CC(C)CC)cc1. The van der Waals surface area contributed by atoms with Gasteiger partial charge in [-0.05, 0) is 30.0 Å². The van der Waals surface area contributed by atoms with Crippen molar-refractivity contribution in [2.24, 2.45) is 5.92 Å². The van der Waals surface area contributed by atoms with E-state index < -0.39 is 0 Å². The van der Waals surface area contributed by atoms with Crippen LogP contribution in [0.15, 0.2) is 24.3 Å². The number of hydrogen-bond donors (Lipinski definition) is 0. The van der Waals surface area contributed by atoms with Gasteiger partial charge in [-0.25, -0.2) is 0 Å². The summed E-state index contributed by atoms with van der Waals surface area (Å²) in [6, 6.07) is 7.38. The van der Waals surface area contributed by atoms with Gasteiger partial charge in [0.05, 0.1) is 6.42 Å². The normalized spacial score (nSPS) is 11.9. The van der Waals surface area contributed by atoms with Crippen molar-refractivity contribution < 1.29 is 9.59 Å². The van der Waals surface area contributed by atoms with Crippen molar-refractivity contribution in [1.29, 1.82) is 0 Å². The van der Waals surface area contributed by atoms with Gasteiger partial charge in [0.2, 0.25) is 5.91 Å². The molecule has 0 radical (unpaired) electrons. The van der Waals surface area contributed by atoms with Gasteiger partial charge in [-0.2, -0.15) is 0 Å². The van der Waals surface area contributed by atoms with Crippen LogP contribution in [0.1, 0.15) is 49.5 Å². The molecule has 1 atom stereocenters. The molecule has 128 valence electrons. The number of rotatable bonds is 8. The average Bonchev–Trinajstić information content (AvgIpc) is 2.54. The van der Waals surface area contributed by atoms with Crippen LogP contribution < -0.4 is 0 Å². The van der Waals surface area contributed by atoms with Gasteiger partial charge in [0.15, 0.2) is 0 Å². The molecule has 0 spiro atoms. The van der Waals surface area contributed by atoms with Gasteiger partial charge in [-0.1, -0.05) is 39.3 Å². The number of benzene rings is 1. The summed E-state index contributed by atoms with van der Waals surface area (Å²) in [6.45, 7) is 7.87. The highest BCUT2D eigenvalue weighted by Gasteiger charge is 2.14. The van der Waals surface area contributed by atoms with Gasteiger partial charge >= 0.3 is 0 Å². The molecule has 1 aromatic rings. The van der Waals surface area contributed by atoms with Gasteiger partial charge in [0, 0.05) is 32.7 Å². The standard InChI is InChI=1S/C19H30N2O2/c1-6-12-20(4)19(23)17-10-8-16(9-11-17)13-18(22)21(5)14-15(3)7-2/h8-11,15H,6-7,12-14H2,1-5H3. The van der Waals surface area contributed by atoms with Crippen LogP contribution in [0, 0.1) is 5.92 Å². The molecular formula is C19H30N2O2. The molecule has 4 heteroatoms. The largest absolute Gasteiger partial charge is 0.345 e. The van der Waals surface area contributed by atoms with Gasteiger partial charge in [0.1, 0.15) is 0 Å². The zero-order chi connectivity index (χ0) is 17.4. The van der Waals surface area contributed by atoms with Crippen LogP contribution in [0.25, 0.3) is 0 Å². The second kappa shape index (κ2) is 9.33. The van der Waals surface area contributed by atoms with E-state index in [2.05, 4.69) is 13.8 Å². The smallest absolute Gasteiger partial charge is 0.253 e. The number of hydrogen-bond acceptors (Lipinski definition) is 2. The van der Waals surface area contributed by atoms with Crippen LogP contribution in [0.4, 0.5) is 0 Å². The van der Waals surface area contributed by atoms with E-state index >= 15 is 0 Å². The van der Waals surface area contributed by atoms with Crippen LogP contribution in [-0.2, 0) is 11.2 Å². The summed E-state index contributed by atoms with van der Waals surface area (Å²) in [7, 11) is 3.67.